The number of hydrogen-bond acceptors (Lipinski definition) is 4. The fraction of sp³-hybridized carbons (Fsp3) is 0.200. The van der Waals surface area contributed by atoms with Crippen molar-refractivity contribution in [1.29, 1.82) is 0 Å². The first-order chi connectivity index (χ1) is 7.66. The largest absolute Gasteiger partial charge is 0.379 e. The molecule has 1 atom stereocenters. The molecule has 0 aromatic carbocycles. The lowest BCUT2D eigenvalue weighted by atomic mass is 10.1. The van der Waals surface area contributed by atoms with Crippen molar-refractivity contribution in [3.05, 3.63) is 35.8 Å². The Morgan fingerprint density at radius 3 is 3.00 bits per heavy atom. The number of aliphatic hydroxyl groups excluding tert-OH is 1. The highest BCUT2D eigenvalue weighted by atomic mass is 16.3. The van der Waals surface area contributed by atoms with Crippen molar-refractivity contribution < 1.29 is 14.7 Å². The zero-order chi connectivity index (χ0) is 11.5. The van der Waals surface area contributed by atoms with E-state index in [1.165, 1.54) is 6.08 Å². The molecule has 1 aliphatic heterocycles. The molecule has 6 heteroatoms. The molecule has 1 heterocycles. The van der Waals surface area contributed by atoms with E-state index in [2.05, 4.69) is 16.0 Å². The first-order valence-electron chi connectivity index (χ1n) is 4.79. The first kappa shape index (κ1) is 10.4. The molecule has 0 radical (unpaired) electrons. The number of urea groups is 1. The van der Waals surface area contributed by atoms with Gasteiger partial charge in [0.05, 0.1) is 5.70 Å². The van der Waals surface area contributed by atoms with Gasteiger partial charge < -0.3 is 15.7 Å². The number of carbonyl (C=O) groups excluding carboxylic acids is 2. The van der Waals surface area contributed by atoms with Gasteiger partial charge in [0.1, 0.15) is 5.82 Å². The second kappa shape index (κ2) is 4.19. The minimum Gasteiger partial charge on any atom is -0.379 e. The fourth-order valence-electron chi connectivity index (χ4n) is 1.39. The normalized spacial score (nSPS) is 24.2. The summed E-state index contributed by atoms with van der Waals surface area (Å²) < 4.78 is 0. The van der Waals surface area contributed by atoms with Gasteiger partial charge in [0.15, 0.2) is 11.9 Å². The van der Waals surface area contributed by atoms with Crippen LogP contribution in [0, 0.1) is 0 Å². The Morgan fingerprint density at radius 2 is 2.25 bits per heavy atom. The molecule has 1 unspecified atom stereocenters. The summed E-state index contributed by atoms with van der Waals surface area (Å²) in [5.74, 6) is 0.0722. The summed E-state index contributed by atoms with van der Waals surface area (Å²) in [4.78, 5) is 22.2. The lowest BCUT2D eigenvalue weighted by molar-refractivity contribution is -0.120. The van der Waals surface area contributed by atoms with Crippen molar-refractivity contribution in [3.63, 3.8) is 0 Å². The van der Waals surface area contributed by atoms with E-state index in [4.69, 9.17) is 0 Å². The Hall–Kier alpha value is -2.08. The van der Waals surface area contributed by atoms with Crippen LogP contribution in [-0.2, 0) is 4.79 Å². The molecule has 2 rings (SSSR count). The van der Waals surface area contributed by atoms with E-state index >= 15 is 0 Å². The van der Waals surface area contributed by atoms with E-state index in [1.54, 1.807) is 18.2 Å². The number of amides is 2. The number of allylic oxidation sites excluding steroid dienone is 2. The van der Waals surface area contributed by atoms with Crippen LogP contribution in [-0.4, -0.2) is 29.6 Å². The van der Waals surface area contributed by atoms with E-state index in [0.29, 0.717) is 18.1 Å². The topological polar surface area (TPSA) is 90.5 Å². The van der Waals surface area contributed by atoms with Gasteiger partial charge in [0.25, 0.3) is 0 Å². The molecule has 2 amide bonds. The predicted molar refractivity (Wildman–Crippen MR) is 56.0 cm³/mol. The Kier molecular flexibility index (Phi) is 2.74. The van der Waals surface area contributed by atoms with Crippen molar-refractivity contribution in [3.8, 4) is 0 Å². The molecular weight excluding hydrogens is 210 g/mol. The van der Waals surface area contributed by atoms with Crippen molar-refractivity contribution in [1.82, 2.24) is 16.0 Å². The Labute approximate surface area is 91.7 Å². The van der Waals surface area contributed by atoms with Gasteiger partial charge in [0.2, 0.25) is 0 Å². The molecule has 0 saturated carbocycles. The van der Waals surface area contributed by atoms with Crippen LogP contribution in [0.4, 0.5) is 4.79 Å². The summed E-state index contributed by atoms with van der Waals surface area (Å²) in [5.41, 5.74) is 0.348. The summed E-state index contributed by atoms with van der Waals surface area (Å²) in [5, 5.41) is 17.4. The minimum atomic E-state index is -1.20. The van der Waals surface area contributed by atoms with Gasteiger partial charge in [-0.3, -0.25) is 10.1 Å². The first-order valence-corrected chi connectivity index (χ1v) is 4.79. The van der Waals surface area contributed by atoms with Crippen molar-refractivity contribution in [2.24, 2.45) is 0 Å². The van der Waals surface area contributed by atoms with E-state index in [0.717, 1.165) is 0 Å². The second-order valence-corrected chi connectivity index (χ2v) is 3.36. The minimum absolute atomic E-state index is 0.322. The molecule has 0 spiro atoms. The molecule has 16 heavy (non-hydrogen) atoms. The number of rotatable bonds is 2. The number of hydrogen-bond donors (Lipinski definition) is 4. The molecule has 6 nitrogen and oxygen atoms in total. The van der Waals surface area contributed by atoms with Crippen LogP contribution in [0.3, 0.4) is 0 Å². The van der Waals surface area contributed by atoms with Crippen LogP contribution >= 0.6 is 0 Å². The molecule has 2 aliphatic rings. The average molecular weight is 221 g/mol. The van der Waals surface area contributed by atoms with Crippen LogP contribution in [0.15, 0.2) is 35.8 Å². The summed E-state index contributed by atoms with van der Waals surface area (Å²) >= 11 is 0. The second-order valence-electron chi connectivity index (χ2n) is 3.36. The summed E-state index contributed by atoms with van der Waals surface area (Å²) in [7, 11) is 0. The smallest absolute Gasteiger partial charge is 0.320 e. The van der Waals surface area contributed by atoms with E-state index in [9.17, 15) is 14.7 Å². The monoisotopic (exact) mass is 221 g/mol. The van der Waals surface area contributed by atoms with Crippen molar-refractivity contribution in [2.75, 3.05) is 6.54 Å². The van der Waals surface area contributed by atoms with Gasteiger partial charge in [-0.05, 0) is 18.2 Å². The number of carbonyl (C=O) groups is 2. The lowest BCUT2D eigenvalue weighted by Crippen LogP contribution is -2.45. The summed E-state index contributed by atoms with van der Waals surface area (Å²) in [6, 6.07) is -0.322. The Balaban J connectivity index is 2.07. The van der Waals surface area contributed by atoms with Gasteiger partial charge in [-0.25, -0.2) is 4.79 Å². The zero-order valence-corrected chi connectivity index (χ0v) is 8.36. The number of ketones is 1. The van der Waals surface area contributed by atoms with Gasteiger partial charge >= 0.3 is 6.03 Å². The maximum atomic E-state index is 11.2. The quantitative estimate of drug-likeness (QED) is 0.487. The highest BCUT2D eigenvalue weighted by Crippen LogP contribution is 2.08. The molecule has 0 aromatic heterocycles. The number of nitrogens with one attached hydrogen (secondary N) is 3. The molecule has 0 bridgehead atoms. The van der Waals surface area contributed by atoms with Gasteiger partial charge in [-0.2, -0.15) is 0 Å². The van der Waals surface area contributed by atoms with Gasteiger partial charge in [-0.1, -0.05) is 6.08 Å². The highest BCUT2D eigenvalue weighted by molar-refractivity contribution is 5.97. The lowest BCUT2D eigenvalue weighted by Gasteiger charge is -2.21. The summed E-state index contributed by atoms with van der Waals surface area (Å²) in [6.45, 7) is 0.404. The van der Waals surface area contributed by atoms with Crippen LogP contribution in [0.25, 0.3) is 0 Å². The summed E-state index contributed by atoms with van der Waals surface area (Å²) in [6.07, 6.45) is 4.93. The maximum Gasteiger partial charge on any atom is 0.320 e. The van der Waals surface area contributed by atoms with E-state index in [1.807, 2.05) is 0 Å². The van der Waals surface area contributed by atoms with Crippen LogP contribution in [0.2, 0.25) is 0 Å². The molecule has 0 fully saturated rings. The standard InChI is InChI=1S/C10H11N3O3/c14-7-3-1-2-6(9(7)15)12-8-4-5-11-10(16)13-8/h1-4,9,12,15H,5H2,(H2,11,13,16). The van der Waals surface area contributed by atoms with Gasteiger partial charge in [-0.15, -0.1) is 0 Å². The molecule has 0 saturated heterocycles. The van der Waals surface area contributed by atoms with Crippen LogP contribution in [0.5, 0.6) is 0 Å². The van der Waals surface area contributed by atoms with Crippen molar-refractivity contribution >= 4 is 11.8 Å². The maximum absolute atomic E-state index is 11.2. The van der Waals surface area contributed by atoms with E-state index < -0.39 is 6.10 Å². The molecule has 0 aromatic rings. The third-order valence-electron chi connectivity index (χ3n) is 2.20. The van der Waals surface area contributed by atoms with Crippen LogP contribution in [0.1, 0.15) is 0 Å². The third kappa shape index (κ3) is 2.12. The Bertz CT molecular complexity index is 423. The van der Waals surface area contributed by atoms with Gasteiger partial charge in [0, 0.05) is 6.54 Å². The average Bonchev–Trinajstić information content (AvgIpc) is 2.25. The SMILES string of the molecule is O=C1NCC=C(NC2=CC=CC(=O)C2O)N1. The fourth-order valence-corrected chi connectivity index (χ4v) is 1.39. The molecule has 84 valence electrons. The third-order valence-corrected chi connectivity index (χ3v) is 2.20. The van der Waals surface area contributed by atoms with E-state index in [-0.39, 0.29) is 11.8 Å². The molecule has 4 N–H and O–H groups in total. The van der Waals surface area contributed by atoms with Crippen molar-refractivity contribution in [2.45, 2.75) is 6.10 Å². The highest BCUT2D eigenvalue weighted by Gasteiger charge is 2.21. The zero-order valence-electron chi connectivity index (χ0n) is 8.36. The molecular formula is C10H11N3O3. The Morgan fingerprint density at radius 1 is 1.44 bits per heavy atom. The van der Waals surface area contributed by atoms with Crippen LogP contribution < -0.4 is 16.0 Å². The number of aliphatic hydroxyl groups is 1. The predicted octanol–water partition coefficient (Wildman–Crippen LogP) is -0.886. The molecule has 1 aliphatic carbocycles.